The molecule has 20 heavy (non-hydrogen) atoms. The summed E-state index contributed by atoms with van der Waals surface area (Å²) in [5.74, 6) is -0.534. The smallest absolute Gasteiger partial charge is 0.335 e. The van der Waals surface area contributed by atoms with Crippen LogP contribution in [0.4, 0.5) is 5.69 Å². The van der Waals surface area contributed by atoms with Gasteiger partial charge in [-0.15, -0.1) is 0 Å². The Morgan fingerprint density at radius 2 is 2.05 bits per heavy atom. The van der Waals surface area contributed by atoms with Crippen LogP contribution >= 0.6 is 0 Å². The van der Waals surface area contributed by atoms with Gasteiger partial charge in [0.15, 0.2) is 0 Å². The molecule has 6 nitrogen and oxygen atoms in total. The minimum Gasteiger partial charge on any atom is -0.490 e. The van der Waals surface area contributed by atoms with Gasteiger partial charge in [-0.2, -0.15) is 0 Å². The number of likely N-dealkylation sites (N-methyl/N-ethyl adjacent to an activating group) is 1. The van der Waals surface area contributed by atoms with Crippen molar-refractivity contribution < 1.29 is 14.6 Å². The third-order valence-electron chi connectivity index (χ3n) is 3.52. The summed E-state index contributed by atoms with van der Waals surface area (Å²) in [7, 11) is 2.12. The molecule has 0 amide bonds. The van der Waals surface area contributed by atoms with E-state index in [1.165, 1.54) is 12.1 Å². The Labute approximate surface area is 118 Å². The first-order valence-corrected chi connectivity index (χ1v) is 6.73. The second-order valence-corrected chi connectivity index (χ2v) is 5.05. The number of carboxylic acid groups (broad SMARTS) is 1. The van der Waals surface area contributed by atoms with E-state index < -0.39 is 5.97 Å². The second kappa shape index (κ2) is 6.58. The van der Waals surface area contributed by atoms with Gasteiger partial charge in [-0.1, -0.05) is 0 Å². The van der Waals surface area contributed by atoms with E-state index in [4.69, 9.17) is 15.6 Å². The van der Waals surface area contributed by atoms with Crippen LogP contribution in [0, 0.1) is 0 Å². The van der Waals surface area contributed by atoms with Crippen molar-refractivity contribution in [2.75, 3.05) is 52.1 Å². The average Bonchev–Trinajstić information content (AvgIpc) is 2.43. The summed E-state index contributed by atoms with van der Waals surface area (Å²) in [4.78, 5) is 15.5. The van der Waals surface area contributed by atoms with Crippen molar-refractivity contribution >= 4 is 11.7 Å². The molecular weight excluding hydrogens is 258 g/mol. The third kappa shape index (κ3) is 3.85. The SMILES string of the molecule is CN1CCN(CCOc2cc(C(=O)O)ccc2N)CC1. The van der Waals surface area contributed by atoms with Crippen molar-refractivity contribution in [2.45, 2.75) is 0 Å². The summed E-state index contributed by atoms with van der Waals surface area (Å²) in [5.41, 5.74) is 6.44. The van der Waals surface area contributed by atoms with Gasteiger partial charge in [0, 0.05) is 32.7 Å². The largest absolute Gasteiger partial charge is 0.490 e. The molecule has 0 radical (unpaired) electrons. The monoisotopic (exact) mass is 279 g/mol. The van der Waals surface area contributed by atoms with Gasteiger partial charge in [-0.25, -0.2) is 4.79 Å². The van der Waals surface area contributed by atoms with E-state index in [-0.39, 0.29) is 5.56 Å². The molecule has 3 N–H and O–H groups in total. The van der Waals surface area contributed by atoms with Gasteiger partial charge in [-0.3, -0.25) is 4.90 Å². The number of ether oxygens (including phenoxy) is 1. The highest BCUT2D eigenvalue weighted by Gasteiger charge is 2.14. The van der Waals surface area contributed by atoms with Crippen LogP contribution in [-0.4, -0.2) is 67.3 Å². The molecule has 0 saturated carbocycles. The molecule has 1 saturated heterocycles. The molecule has 0 unspecified atom stereocenters. The first-order valence-electron chi connectivity index (χ1n) is 6.73. The van der Waals surface area contributed by atoms with E-state index in [2.05, 4.69) is 16.8 Å². The highest BCUT2D eigenvalue weighted by Crippen LogP contribution is 2.22. The Hall–Kier alpha value is -1.79. The Kier molecular flexibility index (Phi) is 4.81. The lowest BCUT2D eigenvalue weighted by Crippen LogP contribution is -2.45. The fourth-order valence-corrected chi connectivity index (χ4v) is 2.15. The number of nitrogens with two attached hydrogens (primary N) is 1. The molecule has 1 aliphatic rings. The molecule has 0 spiro atoms. The average molecular weight is 279 g/mol. The van der Waals surface area contributed by atoms with Crippen molar-refractivity contribution in [3.8, 4) is 5.75 Å². The summed E-state index contributed by atoms with van der Waals surface area (Å²) in [6.45, 7) is 5.53. The zero-order valence-electron chi connectivity index (χ0n) is 11.7. The Morgan fingerprint density at radius 1 is 1.35 bits per heavy atom. The number of piperazine rings is 1. The normalized spacial score (nSPS) is 17.1. The molecule has 110 valence electrons. The van der Waals surface area contributed by atoms with E-state index in [0.29, 0.717) is 18.0 Å². The van der Waals surface area contributed by atoms with Crippen LogP contribution in [-0.2, 0) is 0 Å². The predicted octanol–water partition coefficient (Wildman–Crippen LogP) is 0.593. The summed E-state index contributed by atoms with van der Waals surface area (Å²) in [6.07, 6.45) is 0. The molecule has 1 aliphatic heterocycles. The maximum atomic E-state index is 10.9. The fraction of sp³-hybridized carbons (Fsp3) is 0.500. The number of anilines is 1. The quantitative estimate of drug-likeness (QED) is 0.768. The number of nitrogen functional groups attached to an aromatic ring is 1. The van der Waals surface area contributed by atoms with Gasteiger partial charge in [0.25, 0.3) is 0 Å². The third-order valence-corrected chi connectivity index (χ3v) is 3.52. The maximum Gasteiger partial charge on any atom is 0.335 e. The van der Waals surface area contributed by atoms with Crippen LogP contribution in [0.5, 0.6) is 5.75 Å². The van der Waals surface area contributed by atoms with Crippen molar-refractivity contribution in [2.24, 2.45) is 0 Å². The first-order chi connectivity index (χ1) is 9.56. The zero-order chi connectivity index (χ0) is 14.5. The molecule has 6 heteroatoms. The standard InChI is InChI=1S/C14H21N3O3/c1-16-4-6-17(7-5-16)8-9-20-13-10-11(14(18)19)2-3-12(13)15/h2-3,10H,4-9,15H2,1H3,(H,18,19). The van der Waals surface area contributed by atoms with Gasteiger partial charge in [0.05, 0.1) is 11.3 Å². The van der Waals surface area contributed by atoms with Gasteiger partial charge >= 0.3 is 5.97 Å². The number of benzene rings is 1. The topological polar surface area (TPSA) is 79.0 Å². The van der Waals surface area contributed by atoms with E-state index in [1.54, 1.807) is 6.07 Å². The summed E-state index contributed by atoms with van der Waals surface area (Å²) < 4.78 is 5.61. The molecule has 1 fully saturated rings. The van der Waals surface area contributed by atoms with E-state index in [0.717, 1.165) is 32.7 Å². The van der Waals surface area contributed by atoms with E-state index in [9.17, 15) is 4.79 Å². The van der Waals surface area contributed by atoms with Gasteiger partial charge in [0.2, 0.25) is 0 Å². The lowest BCUT2D eigenvalue weighted by molar-refractivity contribution is 0.0696. The van der Waals surface area contributed by atoms with Crippen LogP contribution in [0.3, 0.4) is 0 Å². The molecule has 1 aromatic carbocycles. The van der Waals surface area contributed by atoms with Gasteiger partial charge in [0.1, 0.15) is 12.4 Å². The van der Waals surface area contributed by atoms with Gasteiger partial charge in [-0.05, 0) is 25.2 Å². The van der Waals surface area contributed by atoms with Crippen LogP contribution in [0.1, 0.15) is 10.4 Å². The molecular formula is C14H21N3O3. The summed E-state index contributed by atoms with van der Waals surface area (Å²) in [6, 6.07) is 4.52. The molecule has 1 aromatic rings. The number of hydrogen-bond donors (Lipinski definition) is 2. The molecule has 1 heterocycles. The van der Waals surface area contributed by atoms with Crippen LogP contribution in [0.15, 0.2) is 18.2 Å². The molecule has 2 rings (SSSR count). The number of nitrogens with zero attached hydrogens (tertiary/aromatic N) is 2. The van der Waals surface area contributed by atoms with Crippen molar-refractivity contribution in [3.05, 3.63) is 23.8 Å². The van der Waals surface area contributed by atoms with Gasteiger partial charge < -0.3 is 20.5 Å². The number of aromatic carboxylic acids is 1. The maximum absolute atomic E-state index is 10.9. The Balaban J connectivity index is 1.84. The summed E-state index contributed by atoms with van der Waals surface area (Å²) >= 11 is 0. The zero-order valence-corrected chi connectivity index (χ0v) is 11.7. The van der Waals surface area contributed by atoms with E-state index >= 15 is 0 Å². The lowest BCUT2D eigenvalue weighted by atomic mass is 10.2. The Bertz CT molecular complexity index is 471. The van der Waals surface area contributed by atoms with Crippen LogP contribution in [0.25, 0.3) is 0 Å². The fourth-order valence-electron chi connectivity index (χ4n) is 2.15. The summed E-state index contributed by atoms with van der Waals surface area (Å²) in [5, 5.41) is 8.95. The minimum absolute atomic E-state index is 0.189. The number of hydrogen-bond acceptors (Lipinski definition) is 5. The molecule has 0 bridgehead atoms. The second-order valence-electron chi connectivity index (χ2n) is 5.05. The number of rotatable bonds is 5. The number of carboxylic acids is 1. The molecule has 0 aromatic heterocycles. The highest BCUT2D eigenvalue weighted by molar-refractivity contribution is 5.89. The minimum atomic E-state index is -0.978. The van der Waals surface area contributed by atoms with E-state index in [1.807, 2.05) is 0 Å². The van der Waals surface area contributed by atoms with Crippen molar-refractivity contribution in [1.82, 2.24) is 9.80 Å². The Morgan fingerprint density at radius 3 is 2.70 bits per heavy atom. The first kappa shape index (κ1) is 14.6. The van der Waals surface area contributed by atoms with Crippen molar-refractivity contribution in [3.63, 3.8) is 0 Å². The van der Waals surface area contributed by atoms with Crippen molar-refractivity contribution in [1.29, 1.82) is 0 Å². The predicted molar refractivity (Wildman–Crippen MR) is 77.2 cm³/mol. The lowest BCUT2D eigenvalue weighted by Gasteiger charge is -2.32. The molecule has 0 aliphatic carbocycles. The number of carbonyl (C=O) groups is 1. The van der Waals surface area contributed by atoms with Crippen LogP contribution < -0.4 is 10.5 Å². The highest BCUT2D eigenvalue weighted by atomic mass is 16.5. The van der Waals surface area contributed by atoms with Crippen LogP contribution in [0.2, 0.25) is 0 Å². The molecule has 0 atom stereocenters.